The number of carbonyl (C=O) groups excluding carboxylic acids is 1. The third kappa shape index (κ3) is 6.30. The molecule has 1 rings (SSSR count). The molecule has 0 spiro atoms. The van der Waals surface area contributed by atoms with E-state index in [0.717, 1.165) is 4.90 Å². The van der Waals surface area contributed by atoms with E-state index in [9.17, 15) is 9.59 Å². The van der Waals surface area contributed by atoms with Crippen LogP contribution in [-0.2, 0) is 9.59 Å². The van der Waals surface area contributed by atoms with E-state index < -0.39 is 12.0 Å². The Morgan fingerprint density at radius 2 is 1.90 bits per heavy atom. The van der Waals surface area contributed by atoms with Crippen LogP contribution in [0.5, 0.6) is 0 Å². The van der Waals surface area contributed by atoms with Crippen LogP contribution in [0.4, 0.5) is 0 Å². The van der Waals surface area contributed by atoms with Crippen LogP contribution in [-0.4, -0.2) is 28.8 Å². The summed E-state index contributed by atoms with van der Waals surface area (Å²) in [7, 11) is 0. The Bertz CT molecular complexity index is 462. The minimum absolute atomic E-state index is 0.184. The number of nitrogens with one attached hydrogen (secondary N) is 1. The molecule has 0 fully saturated rings. The van der Waals surface area contributed by atoms with E-state index in [1.165, 1.54) is 11.8 Å². The second kappa shape index (κ2) is 8.17. The van der Waals surface area contributed by atoms with E-state index in [2.05, 4.69) is 5.32 Å². The van der Waals surface area contributed by atoms with Crippen molar-refractivity contribution in [1.82, 2.24) is 5.32 Å². The lowest BCUT2D eigenvalue weighted by Crippen LogP contribution is -2.42. The van der Waals surface area contributed by atoms with Crippen LogP contribution in [0.3, 0.4) is 0 Å². The van der Waals surface area contributed by atoms with Crippen LogP contribution in [0.2, 0.25) is 5.02 Å². The first-order chi connectivity index (χ1) is 9.38. The van der Waals surface area contributed by atoms with Crippen LogP contribution in [0, 0.1) is 5.92 Å². The highest BCUT2D eigenvalue weighted by Gasteiger charge is 2.20. The maximum atomic E-state index is 11.8. The van der Waals surface area contributed by atoms with Crippen LogP contribution in [0.25, 0.3) is 0 Å². The van der Waals surface area contributed by atoms with Gasteiger partial charge in [0.25, 0.3) is 0 Å². The minimum atomic E-state index is -0.997. The molecule has 0 aliphatic heterocycles. The van der Waals surface area contributed by atoms with Gasteiger partial charge in [-0.05, 0) is 36.6 Å². The molecule has 0 radical (unpaired) electrons. The van der Waals surface area contributed by atoms with Crippen LogP contribution < -0.4 is 5.32 Å². The fourth-order valence-corrected chi connectivity index (χ4v) is 2.44. The molecule has 4 nitrogen and oxygen atoms in total. The second-order valence-electron chi connectivity index (χ2n) is 4.83. The lowest BCUT2D eigenvalue weighted by atomic mass is 10.0. The van der Waals surface area contributed by atoms with Crippen molar-refractivity contribution in [3.63, 3.8) is 0 Å². The Labute approximate surface area is 127 Å². The van der Waals surface area contributed by atoms with Gasteiger partial charge in [0.05, 0.1) is 5.75 Å². The second-order valence-corrected chi connectivity index (χ2v) is 6.32. The minimum Gasteiger partial charge on any atom is -0.480 e. The van der Waals surface area contributed by atoms with Crippen molar-refractivity contribution in [2.45, 2.75) is 31.2 Å². The van der Waals surface area contributed by atoms with Gasteiger partial charge in [-0.2, -0.15) is 0 Å². The highest BCUT2D eigenvalue weighted by molar-refractivity contribution is 8.00. The van der Waals surface area contributed by atoms with Gasteiger partial charge in [0.15, 0.2) is 0 Å². The van der Waals surface area contributed by atoms with Gasteiger partial charge >= 0.3 is 5.97 Å². The largest absolute Gasteiger partial charge is 0.480 e. The normalized spacial score (nSPS) is 12.2. The van der Waals surface area contributed by atoms with Crippen molar-refractivity contribution in [3.8, 4) is 0 Å². The van der Waals surface area contributed by atoms with E-state index in [1.807, 2.05) is 26.0 Å². The molecule has 1 aromatic carbocycles. The average Bonchev–Trinajstić information content (AvgIpc) is 2.36. The Kier molecular flexibility index (Phi) is 6.88. The molecule has 0 bridgehead atoms. The van der Waals surface area contributed by atoms with Gasteiger partial charge in [-0.25, -0.2) is 4.79 Å². The average molecular weight is 316 g/mol. The molecule has 0 unspecified atom stereocenters. The van der Waals surface area contributed by atoms with Gasteiger partial charge in [-0.3, -0.25) is 4.79 Å². The summed E-state index contributed by atoms with van der Waals surface area (Å²) < 4.78 is 0. The Hall–Kier alpha value is -1.20. The number of rotatable bonds is 7. The maximum Gasteiger partial charge on any atom is 0.326 e. The number of benzene rings is 1. The molecular formula is C14H18ClNO3S. The zero-order valence-electron chi connectivity index (χ0n) is 11.4. The Morgan fingerprint density at radius 1 is 1.30 bits per heavy atom. The first-order valence-electron chi connectivity index (χ1n) is 6.29. The lowest BCUT2D eigenvalue weighted by molar-refractivity contribution is -0.141. The van der Waals surface area contributed by atoms with E-state index in [1.54, 1.807) is 12.1 Å². The number of halogens is 1. The summed E-state index contributed by atoms with van der Waals surface area (Å²) in [6.45, 7) is 3.84. The molecule has 20 heavy (non-hydrogen) atoms. The number of carboxylic acid groups (broad SMARTS) is 1. The van der Waals surface area contributed by atoms with Gasteiger partial charge in [0.2, 0.25) is 5.91 Å². The number of hydrogen-bond acceptors (Lipinski definition) is 3. The zero-order valence-corrected chi connectivity index (χ0v) is 13.0. The summed E-state index contributed by atoms with van der Waals surface area (Å²) in [6.07, 6.45) is 0.423. The van der Waals surface area contributed by atoms with Crippen molar-refractivity contribution in [3.05, 3.63) is 29.3 Å². The predicted octanol–water partition coefficient (Wildman–Crippen LogP) is 3.05. The van der Waals surface area contributed by atoms with E-state index in [4.69, 9.17) is 16.7 Å². The van der Waals surface area contributed by atoms with Gasteiger partial charge < -0.3 is 10.4 Å². The molecule has 0 aliphatic carbocycles. The van der Waals surface area contributed by atoms with Gasteiger partial charge in [-0.15, -0.1) is 11.8 Å². The number of thioether (sulfide) groups is 1. The first-order valence-corrected chi connectivity index (χ1v) is 7.65. The SMILES string of the molecule is CC(C)C[C@H](NC(=O)CSc1ccc(Cl)cc1)C(=O)O. The highest BCUT2D eigenvalue weighted by Crippen LogP contribution is 2.20. The Morgan fingerprint density at radius 3 is 2.40 bits per heavy atom. The molecule has 2 N–H and O–H groups in total. The number of aliphatic carboxylic acids is 1. The molecule has 0 aromatic heterocycles. The summed E-state index contributed by atoms with van der Waals surface area (Å²) in [5.41, 5.74) is 0. The monoisotopic (exact) mass is 315 g/mol. The number of amides is 1. The molecule has 1 amide bonds. The summed E-state index contributed by atoms with van der Waals surface area (Å²) in [6, 6.07) is 6.32. The highest BCUT2D eigenvalue weighted by atomic mass is 35.5. The van der Waals surface area contributed by atoms with Crippen molar-refractivity contribution in [2.75, 3.05) is 5.75 Å². The molecule has 0 saturated carbocycles. The molecule has 6 heteroatoms. The fourth-order valence-electron chi connectivity index (χ4n) is 1.61. The molecule has 0 heterocycles. The van der Waals surface area contributed by atoms with Crippen LogP contribution >= 0.6 is 23.4 Å². The zero-order chi connectivity index (χ0) is 15.1. The van der Waals surface area contributed by atoms with Crippen molar-refractivity contribution in [1.29, 1.82) is 0 Å². The van der Waals surface area contributed by atoms with Crippen LogP contribution in [0.1, 0.15) is 20.3 Å². The van der Waals surface area contributed by atoms with Gasteiger partial charge in [0.1, 0.15) is 6.04 Å². The van der Waals surface area contributed by atoms with Crippen LogP contribution in [0.15, 0.2) is 29.2 Å². The van der Waals surface area contributed by atoms with Crippen molar-refractivity contribution < 1.29 is 14.7 Å². The molecule has 1 atom stereocenters. The van der Waals surface area contributed by atoms with E-state index in [0.29, 0.717) is 11.4 Å². The third-order valence-electron chi connectivity index (χ3n) is 2.52. The molecule has 0 saturated heterocycles. The maximum absolute atomic E-state index is 11.8. The lowest BCUT2D eigenvalue weighted by Gasteiger charge is -2.16. The van der Waals surface area contributed by atoms with Crippen molar-refractivity contribution in [2.24, 2.45) is 5.92 Å². The Balaban J connectivity index is 2.45. The standard InChI is InChI=1S/C14H18ClNO3S/c1-9(2)7-12(14(18)19)16-13(17)8-20-11-5-3-10(15)4-6-11/h3-6,9,12H,7-8H2,1-2H3,(H,16,17)(H,18,19)/t12-/m0/s1. The smallest absolute Gasteiger partial charge is 0.326 e. The molecule has 0 aliphatic rings. The third-order valence-corrected chi connectivity index (χ3v) is 3.79. The summed E-state index contributed by atoms with van der Waals surface area (Å²) in [5.74, 6) is -0.884. The van der Waals surface area contributed by atoms with Crippen molar-refractivity contribution >= 4 is 35.2 Å². The summed E-state index contributed by atoms with van der Waals surface area (Å²) in [5, 5.41) is 12.2. The molecule has 1 aromatic rings. The summed E-state index contributed by atoms with van der Waals surface area (Å²) >= 11 is 7.12. The molecule has 110 valence electrons. The fraction of sp³-hybridized carbons (Fsp3) is 0.429. The number of hydrogen-bond donors (Lipinski definition) is 2. The topological polar surface area (TPSA) is 66.4 Å². The predicted molar refractivity (Wildman–Crippen MR) is 81.2 cm³/mol. The summed E-state index contributed by atoms with van der Waals surface area (Å²) in [4.78, 5) is 23.7. The van der Waals surface area contributed by atoms with E-state index in [-0.39, 0.29) is 17.6 Å². The number of carboxylic acids is 1. The first kappa shape index (κ1) is 16.9. The molecular weight excluding hydrogens is 298 g/mol. The van der Waals surface area contributed by atoms with E-state index >= 15 is 0 Å². The van der Waals surface area contributed by atoms with Gasteiger partial charge in [0, 0.05) is 9.92 Å². The number of carbonyl (C=O) groups is 2. The van der Waals surface area contributed by atoms with Gasteiger partial charge in [-0.1, -0.05) is 25.4 Å². The quantitative estimate of drug-likeness (QED) is 0.759.